The van der Waals surface area contributed by atoms with Crippen molar-refractivity contribution in [3.63, 3.8) is 0 Å². The van der Waals surface area contributed by atoms with E-state index in [9.17, 15) is 8.42 Å². The SMILES string of the molecule is CC1CNCC(C)N1S(=O)(=O)C1CC1. The Kier molecular flexibility index (Phi) is 2.57. The van der Waals surface area contributed by atoms with E-state index >= 15 is 0 Å². The molecule has 2 atom stereocenters. The molecule has 2 fully saturated rings. The third kappa shape index (κ3) is 1.68. The van der Waals surface area contributed by atoms with E-state index in [2.05, 4.69) is 5.32 Å². The maximum Gasteiger partial charge on any atom is 0.217 e. The summed E-state index contributed by atoms with van der Waals surface area (Å²) in [5, 5.41) is 3.16. The Bertz CT molecular complexity index is 301. The van der Waals surface area contributed by atoms with Crippen molar-refractivity contribution in [3.8, 4) is 0 Å². The van der Waals surface area contributed by atoms with Crippen molar-refractivity contribution in [2.24, 2.45) is 0 Å². The first-order valence-electron chi connectivity index (χ1n) is 5.26. The van der Waals surface area contributed by atoms with Crippen LogP contribution in [0.5, 0.6) is 0 Å². The Balaban J connectivity index is 2.21. The van der Waals surface area contributed by atoms with Gasteiger partial charge in [-0.3, -0.25) is 0 Å². The van der Waals surface area contributed by atoms with Crippen molar-refractivity contribution in [2.75, 3.05) is 13.1 Å². The predicted octanol–water partition coefficient (Wildman–Crippen LogP) is 0.161. The van der Waals surface area contributed by atoms with E-state index in [1.54, 1.807) is 4.31 Å². The van der Waals surface area contributed by atoms with Crippen molar-refractivity contribution in [2.45, 2.75) is 44.0 Å². The number of nitrogens with one attached hydrogen (secondary N) is 1. The van der Waals surface area contributed by atoms with Crippen LogP contribution in [0.2, 0.25) is 0 Å². The summed E-state index contributed by atoms with van der Waals surface area (Å²) in [6.07, 6.45) is 1.71. The number of hydrogen-bond acceptors (Lipinski definition) is 3. The van der Waals surface area contributed by atoms with Crippen LogP contribution in [-0.2, 0) is 10.0 Å². The Morgan fingerprint density at radius 2 is 1.64 bits per heavy atom. The van der Waals surface area contributed by atoms with E-state index in [-0.39, 0.29) is 17.3 Å². The first kappa shape index (κ1) is 10.4. The maximum absolute atomic E-state index is 12.1. The van der Waals surface area contributed by atoms with Crippen LogP contribution in [0.15, 0.2) is 0 Å². The largest absolute Gasteiger partial charge is 0.314 e. The monoisotopic (exact) mass is 218 g/mol. The van der Waals surface area contributed by atoms with Crippen LogP contribution in [0.4, 0.5) is 0 Å². The minimum Gasteiger partial charge on any atom is -0.314 e. The summed E-state index contributed by atoms with van der Waals surface area (Å²) < 4.78 is 25.8. The highest BCUT2D eigenvalue weighted by molar-refractivity contribution is 7.90. The maximum atomic E-state index is 12.1. The van der Waals surface area contributed by atoms with Crippen molar-refractivity contribution < 1.29 is 8.42 Å². The molecule has 2 rings (SSSR count). The van der Waals surface area contributed by atoms with Gasteiger partial charge < -0.3 is 5.32 Å². The van der Waals surface area contributed by atoms with E-state index in [1.165, 1.54) is 0 Å². The van der Waals surface area contributed by atoms with Gasteiger partial charge in [-0.05, 0) is 26.7 Å². The average molecular weight is 218 g/mol. The molecule has 0 spiro atoms. The molecule has 0 radical (unpaired) electrons. The van der Waals surface area contributed by atoms with Gasteiger partial charge >= 0.3 is 0 Å². The van der Waals surface area contributed by atoms with Gasteiger partial charge in [0.2, 0.25) is 10.0 Å². The molecule has 5 heteroatoms. The molecule has 0 aromatic heterocycles. The molecule has 1 heterocycles. The number of hydrogen-bond donors (Lipinski definition) is 1. The van der Waals surface area contributed by atoms with E-state index < -0.39 is 10.0 Å². The van der Waals surface area contributed by atoms with Crippen LogP contribution in [0.3, 0.4) is 0 Å². The summed E-state index contributed by atoms with van der Waals surface area (Å²) in [5.74, 6) is 0. The quantitative estimate of drug-likeness (QED) is 0.718. The van der Waals surface area contributed by atoms with E-state index in [0.717, 1.165) is 25.9 Å². The fourth-order valence-corrected chi connectivity index (χ4v) is 4.38. The minimum atomic E-state index is -2.99. The second-order valence-electron chi connectivity index (χ2n) is 4.43. The van der Waals surface area contributed by atoms with Crippen LogP contribution in [-0.4, -0.2) is 43.1 Å². The van der Waals surface area contributed by atoms with Crippen molar-refractivity contribution in [1.29, 1.82) is 0 Å². The molecule has 0 amide bonds. The number of rotatable bonds is 2. The van der Waals surface area contributed by atoms with Gasteiger partial charge in [0.15, 0.2) is 0 Å². The van der Waals surface area contributed by atoms with Gasteiger partial charge in [-0.2, -0.15) is 4.31 Å². The molecular formula is C9H18N2O2S. The molecule has 4 nitrogen and oxygen atoms in total. The first-order valence-corrected chi connectivity index (χ1v) is 6.77. The molecule has 1 saturated carbocycles. The van der Waals surface area contributed by atoms with Gasteiger partial charge in [0.25, 0.3) is 0 Å². The lowest BCUT2D eigenvalue weighted by atomic mass is 10.2. The molecule has 2 aliphatic rings. The number of piperazine rings is 1. The topological polar surface area (TPSA) is 49.4 Å². The summed E-state index contributed by atoms with van der Waals surface area (Å²) >= 11 is 0. The molecule has 0 aromatic carbocycles. The van der Waals surface area contributed by atoms with Crippen molar-refractivity contribution in [3.05, 3.63) is 0 Å². The van der Waals surface area contributed by atoms with E-state index in [4.69, 9.17) is 0 Å². The van der Waals surface area contributed by atoms with Crippen molar-refractivity contribution >= 4 is 10.0 Å². The molecule has 1 aliphatic carbocycles. The molecule has 0 bridgehead atoms. The lowest BCUT2D eigenvalue weighted by molar-refractivity contribution is 0.219. The molecule has 1 aliphatic heterocycles. The van der Waals surface area contributed by atoms with Gasteiger partial charge in [0, 0.05) is 25.2 Å². The Labute approximate surface area is 85.7 Å². The summed E-state index contributed by atoms with van der Waals surface area (Å²) in [4.78, 5) is 0. The summed E-state index contributed by atoms with van der Waals surface area (Å²) in [6.45, 7) is 5.50. The number of sulfonamides is 1. The van der Waals surface area contributed by atoms with Crippen molar-refractivity contribution in [1.82, 2.24) is 9.62 Å². The Hall–Kier alpha value is -0.130. The zero-order chi connectivity index (χ0) is 10.3. The Morgan fingerprint density at radius 3 is 2.07 bits per heavy atom. The Morgan fingerprint density at radius 1 is 1.14 bits per heavy atom. The highest BCUT2D eigenvalue weighted by atomic mass is 32.2. The molecule has 2 unspecified atom stereocenters. The minimum absolute atomic E-state index is 0.0782. The summed E-state index contributed by atoms with van der Waals surface area (Å²) in [7, 11) is -2.99. The van der Waals surface area contributed by atoms with E-state index in [0.29, 0.717) is 0 Å². The van der Waals surface area contributed by atoms with Crippen LogP contribution in [0, 0.1) is 0 Å². The summed E-state index contributed by atoms with van der Waals surface area (Å²) in [6, 6.07) is 0.202. The highest BCUT2D eigenvalue weighted by Gasteiger charge is 2.44. The average Bonchev–Trinajstić information content (AvgIpc) is 2.84. The standard InChI is InChI=1S/C9H18N2O2S/c1-7-5-10-6-8(2)11(7)14(12,13)9-3-4-9/h7-10H,3-6H2,1-2H3. The zero-order valence-corrected chi connectivity index (χ0v) is 9.55. The normalized spacial score (nSPS) is 35.9. The highest BCUT2D eigenvalue weighted by Crippen LogP contribution is 2.33. The smallest absolute Gasteiger partial charge is 0.217 e. The van der Waals surface area contributed by atoms with E-state index in [1.807, 2.05) is 13.8 Å². The molecule has 82 valence electrons. The summed E-state index contributed by atoms with van der Waals surface area (Å²) in [5.41, 5.74) is 0. The predicted molar refractivity (Wildman–Crippen MR) is 55.6 cm³/mol. The fourth-order valence-electron chi connectivity index (χ4n) is 2.16. The second-order valence-corrected chi connectivity index (χ2v) is 6.55. The van der Waals surface area contributed by atoms with Crippen LogP contribution in [0.25, 0.3) is 0 Å². The lowest BCUT2D eigenvalue weighted by Crippen LogP contribution is -2.57. The third-order valence-electron chi connectivity index (χ3n) is 2.99. The van der Waals surface area contributed by atoms with Gasteiger partial charge in [0.1, 0.15) is 0 Å². The van der Waals surface area contributed by atoms with Crippen LogP contribution < -0.4 is 5.32 Å². The molecule has 1 saturated heterocycles. The van der Waals surface area contributed by atoms with Gasteiger partial charge in [0.05, 0.1) is 5.25 Å². The molecule has 14 heavy (non-hydrogen) atoms. The fraction of sp³-hybridized carbons (Fsp3) is 1.00. The third-order valence-corrected chi connectivity index (χ3v) is 5.61. The lowest BCUT2D eigenvalue weighted by Gasteiger charge is -2.38. The molecule has 0 aromatic rings. The molecule has 1 N–H and O–H groups in total. The van der Waals surface area contributed by atoms with Gasteiger partial charge in [-0.25, -0.2) is 8.42 Å². The first-order chi connectivity index (χ1) is 6.53. The van der Waals surface area contributed by atoms with Gasteiger partial charge in [-0.15, -0.1) is 0 Å². The zero-order valence-electron chi connectivity index (χ0n) is 8.73. The van der Waals surface area contributed by atoms with Gasteiger partial charge in [-0.1, -0.05) is 0 Å². The molecular weight excluding hydrogens is 200 g/mol. The number of nitrogens with zero attached hydrogens (tertiary/aromatic N) is 1. The second kappa shape index (κ2) is 3.47. The van der Waals surface area contributed by atoms with Crippen LogP contribution >= 0.6 is 0 Å². The van der Waals surface area contributed by atoms with Crippen LogP contribution in [0.1, 0.15) is 26.7 Å².